The van der Waals surface area contributed by atoms with Crippen LogP contribution in [0.1, 0.15) is 14.5 Å². The summed E-state index contributed by atoms with van der Waals surface area (Å²) in [5.74, 6) is -0.941. The molecule has 0 unspecified atom stereocenters. The SMILES string of the molecule is O=C(O)c1cc2c(s1)CCS2(=O)=O. The summed E-state index contributed by atoms with van der Waals surface area (Å²) in [6, 6.07) is 1.25. The van der Waals surface area contributed by atoms with Crippen molar-refractivity contribution in [2.45, 2.75) is 11.3 Å². The average Bonchev–Trinajstić information content (AvgIpc) is 2.53. The lowest BCUT2D eigenvalue weighted by molar-refractivity contribution is 0.0702. The van der Waals surface area contributed by atoms with E-state index in [1.165, 1.54) is 6.07 Å². The first-order chi connectivity index (χ1) is 6.00. The first-order valence-electron chi connectivity index (χ1n) is 3.59. The number of hydrogen-bond donors (Lipinski definition) is 1. The van der Waals surface area contributed by atoms with Gasteiger partial charge >= 0.3 is 5.97 Å². The minimum absolute atomic E-state index is 0.105. The first kappa shape index (κ1) is 8.71. The highest BCUT2D eigenvalue weighted by atomic mass is 32.2. The first-order valence-corrected chi connectivity index (χ1v) is 6.06. The molecule has 1 N–H and O–H groups in total. The van der Waals surface area contributed by atoms with Gasteiger partial charge in [0, 0.05) is 4.88 Å². The number of aromatic carboxylic acids is 1. The van der Waals surface area contributed by atoms with E-state index < -0.39 is 15.8 Å². The van der Waals surface area contributed by atoms with Crippen LogP contribution in [0.25, 0.3) is 0 Å². The van der Waals surface area contributed by atoms with Crippen molar-refractivity contribution < 1.29 is 18.3 Å². The molecule has 6 heteroatoms. The second kappa shape index (κ2) is 2.55. The number of hydrogen-bond acceptors (Lipinski definition) is 4. The molecule has 0 amide bonds. The number of sulfone groups is 1. The van der Waals surface area contributed by atoms with Crippen molar-refractivity contribution in [3.63, 3.8) is 0 Å². The van der Waals surface area contributed by atoms with Crippen LogP contribution in [0.3, 0.4) is 0 Å². The lowest BCUT2D eigenvalue weighted by Gasteiger charge is -1.88. The van der Waals surface area contributed by atoms with Crippen LogP contribution in [-0.2, 0) is 16.3 Å². The monoisotopic (exact) mass is 218 g/mol. The Bertz CT molecular complexity index is 469. The normalized spacial score (nSPS) is 18.5. The number of carbonyl (C=O) groups is 1. The third-order valence-electron chi connectivity index (χ3n) is 1.91. The number of carboxylic acid groups (broad SMARTS) is 1. The molecule has 0 spiro atoms. The maximum absolute atomic E-state index is 11.3. The van der Waals surface area contributed by atoms with E-state index in [9.17, 15) is 13.2 Å². The number of rotatable bonds is 1. The van der Waals surface area contributed by atoms with Gasteiger partial charge in [0.1, 0.15) is 4.88 Å². The highest BCUT2D eigenvalue weighted by Crippen LogP contribution is 2.33. The van der Waals surface area contributed by atoms with Crippen molar-refractivity contribution in [3.8, 4) is 0 Å². The van der Waals surface area contributed by atoms with Crippen LogP contribution >= 0.6 is 11.3 Å². The Morgan fingerprint density at radius 1 is 1.54 bits per heavy atom. The van der Waals surface area contributed by atoms with Gasteiger partial charge in [-0.3, -0.25) is 0 Å². The van der Waals surface area contributed by atoms with Crippen molar-refractivity contribution in [1.82, 2.24) is 0 Å². The molecule has 0 aliphatic carbocycles. The fourth-order valence-electron chi connectivity index (χ4n) is 1.29. The van der Waals surface area contributed by atoms with E-state index in [4.69, 9.17) is 5.11 Å². The molecule has 0 saturated heterocycles. The van der Waals surface area contributed by atoms with E-state index in [1.54, 1.807) is 0 Å². The van der Waals surface area contributed by atoms with Crippen molar-refractivity contribution in [2.75, 3.05) is 5.75 Å². The van der Waals surface area contributed by atoms with Gasteiger partial charge in [-0.15, -0.1) is 11.3 Å². The van der Waals surface area contributed by atoms with E-state index >= 15 is 0 Å². The van der Waals surface area contributed by atoms with Crippen molar-refractivity contribution in [1.29, 1.82) is 0 Å². The van der Waals surface area contributed by atoms with Gasteiger partial charge in [0.15, 0.2) is 9.84 Å². The van der Waals surface area contributed by atoms with Crippen LogP contribution in [0, 0.1) is 0 Å². The Labute approximate surface area is 78.7 Å². The van der Waals surface area contributed by atoms with E-state index in [2.05, 4.69) is 0 Å². The predicted octanol–water partition coefficient (Wildman–Crippen LogP) is 0.776. The molecule has 2 heterocycles. The third kappa shape index (κ3) is 1.26. The Balaban J connectivity index is 2.61. The lowest BCUT2D eigenvalue weighted by atomic mass is 10.4. The van der Waals surface area contributed by atoms with Crippen LogP contribution in [-0.4, -0.2) is 25.2 Å². The Morgan fingerprint density at radius 3 is 2.77 bits per heavy atom. The maximum atomic E-state index is 11.3. The molecule has 4 nitrogen and oxygen atoms in total. The van der Waals surface area contributed by atoms with Gasteiger partial charge in [-0.2, -0.15) is 0 Å². The molecule has 2 rings (SSSR count). The minimum atomic E-state index is -3.17. The zero-order valence-electron chi connectivity index (χ0n) is 6.48. The van der Waals surface area contributed by atoms with Gasteiger partial charge in [0.25, 0.3) is 0 Å². The largest absolute Gasteiger partial charge is 0.477 e. The average molecular weight is 218 g/mol. The number of thiophene rings is 1. The molecule has 0 saturated carbocycles. The summed E-state index contributed by atoms with van der Waals surface area (Å²) in [6.07, 6.45) is 0.454. The Morgan fingerprint density at radius 2 is 2.23 bits per heavy atom. The Kier molecular flexibility index (Phi) is 1.71. The molecule has 0 fully saturated rings. The molecular weight excluding hydrogens is 212 g/mol. The predicted molar refractivity (Wildman–Crippen MR) is 47.0 cm³/mol. The van der Waals surface area contributed by atoms with Crippen molar-refractivity contribution in [3.05, 3.63) is 15.8 Å². The van der Waals surface area contributed by atoms with Gasteiger partial charge in [-0.1, -0.05) is 0 Å². The Hall–Kier alpha value is -0.880. The highest BCUT2D eigenvalue weighted by molar-refractivity contribution is 7.92. The number of carboxylic acids is 1. The smallest absolute Gasteiger partial charge is 0.345 e. The molecule has 1 aliphatic heterocycles. The topological polar surface area (TPSA) is 71.4 Å². The summed E-state index contributed by atoms with van der Waals surface area (Å²) in [5.41, 5.74) is 0. The van der Waals surface area contributed by atoms with E-state index in [-0.39, 0.29) is 15.5 Å². The van der Waals surface area contributed by atoms with Crippen molar-refractivity contribution >= 4 is 27.1 Å². The quantitative estimate of drug-likeness (QED) is 0.756. The van der Waals surface area contributed by atoms with Gasteiger partial charge in [-0.25, -0.2) is 13.2 Å². The summed E-state index contributed by atoms with van der Waals surface area (Å²) in [6.45, 7) is 0. The number of aryl methyl sites for hydroxylation is 1. The molecule has 0 radical (unpaired) electrons. The molecule has 0 bridgehead atoms. The fraction of sp³-hybridized carbons (Fsp3) is 0.286. The van der Waals surface area contributed by atoms with Crippen LogP contribution in [0.2, 0.25) is 0 Å². The lowest BCUT2D eigenvalue weighted by Crippen LogP contribution is -1.99. The van der Waals surface area contributed by atoms with Crippen molar-refractivity contribution in [2.24, 2.45) is 0 Å². The third-order valence-corrected chi connectivity index (χ3v) is 5.00. The molecule has 0 aromatic carbocycles. The summed E-state index contributed by atoms with van der Waals surface area (Å²) in [4.78, 5) is 11.5. The second-order valence-corrected chi connectivity index (χ2v) is 5.99. The maximum Gasteiger partial charge on any atom is 0.345 e. The van der Waals surface area contributed by atoms with E-state index in [0.29, 0.717) is 11.3 Å². The van der Waals surface area contributed by atoms with Gasteiger partial charge in [0.05, 0.1) is 10.6 Å². The highest BCUT2D eigenvalue weighted by Gasteiger charge is 2.29. The van der Waals surface area contributed by atoms with Crippen LogP contribution in [0.15, 0.2) is 11.0 Å². The number of fused-ring (bicyclic) bond motifs is 1. The van der Waals surface area contributed by atoms with E-state index in [1.807, 2.05) is 0 Å². The summed E-state index contributed by atoms with van der Waals surface area (Å²) in [7, 11) is -3.17. The molecule has 70 valence electrons. The zero-order valence-corrected chi connectivity index (χ0v) is 8.11. The molecule has 1 aliphatic rings. The molecular formula is C7H6O4S2. The van der Waals surface area contributed by atoms with Crippen LogP contribution < -0.4 is 0 Å². The fourth-order valence-corrected chi connectivity index (χ4v) is 4.33. The second-order valence-electron chi connectivity index (χ2n) is 2.77. The summed E-state index contributed by atoms with van der Waals surface area (Å²) >= 11 is 1.05. The van der Waals surface area contributed by atoms with Crippen LogP contribution in [0.4, 0.5) is 0 Å². The minimum Gasteiger partial charge on any atom is -0.477 e. The van der Waals surface area contributed by atoms with Gasteiger partial charge in [0.2, 0.25) is 0 Å². The summed E-state index contributed by atoms with van der Waals surface area (Å²) < 4.78 is 22.6. The standard InChI is InChI=1S/C7H6O4S2/c8-7(9)5-3-6-4(12-5)1-2-13(6,10)11/h3H,1-2H2,(H,8,9). The molecule has 1 aromatic heterocycles. The van der Waals surface area contributed by atoms with Gasteiger partial charge in [-0.05, 0) is 12.5 Å². The molecule has 0 atom stereocenters. The molecule has 13 heavy (non-hydrogen) atoms. The summed E-state index contributed by atoms with van der Waals surface area (Å²) in [5, 5.41) is 8.63. The van der Waals surface area contributed by atoms with Crippen LogP contribution in [0.5, 0.6) is 0 Å². The van der Waals surface area contributed by atoms with Gasteiger partial charge < -0.3 is 5.11 Å². The zero-order chi connectivity index (χ0) is 9.64. The van der Waals surface area contributed by atoms with E-state index in [0.717, 1.165) is 11.3 Å². The molecule has 1 aromatic rings.